The molecule has 2 aromatic heterocycles. The predicted molar refractivity (Wildman–Crippen MR) is 164 cm³/mol. The summed E-state index contributed by atoms with van der Waals surface area (Å²) < 4.78 is 46.0. The third kappa shape index (κ3) is 4.29. The van der Waals surface area contributed by atoms with Gasteiger partial charge in [0.25, 0.3) is 0 Å². The van der Waals surface area contributed by atoms with Crippen molar-refractivity contribution >= 4 is 27.4 Å². The number of alkyl halides is 1. The Bertz CT molecular complexity index is 1950. The van der Waals surface area contributed by atoms with Crippen LogP contribution in [-0.2, 0) is 0 Å². The molecule has 0 aliphatic carbocycles. The first kappa shape index (κ1) is 27.3. The molecular weight excluding hydrogens is 563 g/mol. The van der Waals surface area contributed by atoms with Gasteiger partial charge in [-0.2, -0.15) is 0 Å². The highest BCUT2D eigenvalue weighted by Gasteiger charge is 2.47. The van der Waals surface area contributed by atoms with Crippen LogP contribution in [-0.4, -0.2) is 69.9 Å². The fraction of sp³-hybridized carbons (Fsp3) is 0.371. The number of hydrogen-bond donors (Lipinski definition) is 2. The van der Waals surface area contributed by atoms with Crippen LogP contribution in [0.3, 0.4) is 0 Å². The number of phenols is 1. The van der Waals surface area contributed by atoms with E-state index in [0.717, 1.165) is 51.0 Å². The maximum absolute atomic E-state index is 16.8. The van der Waals surface area contributed by atoms with Gasteiger partial charge < -0.3 is 15.3 Å². The first-order valence-corrected chi connectivity index (χ1v) is 15.2. The Morgan fingerprint density at radius 3 is 2.70 bits per heavy atom. The summed E-state index contributed by atoms with van der Waals surface area (Å²) in [6.07, 6.45) is 10.6. The molecule has 44 heavy (non-hydrogen) atoms. The average Bonchev–Trinajstić information content (AvgIpc) is 3.66. The Morgan fingerprint density at radius 1 is 1.09 bits per heavy atom. The van der Waals surface area contributed by atoms with Crippen molar-refractivity contribution in [1.29, 1.82) is 0 Å². The Morgan fingerprint density at radius 2 is 1.91 bits per heavy atom. The number of anilines is 1. The second-order valence-corrected chi connectivity index (χ2v) is 12.5. The van der Waals surface area contributed by atoms with E-state index in [1.165, 1.54) is 24.3 Å². The van der Waals surface area contributed by atoms with E-state index in [4.69, 9.17) is 11.4 Å². The maximum Gasteiger partial charge on any atom is 0.175 e. The summed E-state index contributed by atoms with van der Waals surface area (Å²) in [6, 6.07) is 8.10. The Hall–Kier alpha value is -4.31. The second-order valence-electron chi connectivity index (χ2n) is 12.5. The topological polar surface area (TPSA) is 64.5 Å². The van der Waals surface area contributed by atoms with E-state index in [2.05, 4.69) is 37.9 Å². The molecule has 0 amide bonds. The quantitative estimate of drug-likeness (QED) is 0.309. The molecule has 0 saturated carbocycles. The van der Waals surface area contributed by atoms with Crippen LogP contribution in [0.15, 0.2) is 36.5 Å². The SMILES string of the molecule is C#Cc1c(F)ccc2cc(O)cc(-c3ncc4c(N5C[C@H]6CC[C@@H](C5)N6)cc(C#CC56CCCN5CC(F)C6)nc4c3F)c12. The smallest absolute Gasteiger partial charge is 0.175 e. The lowest BCUT2D eigenvalue weighted by molar-refractivity contribution is 0.255. The molecule has 4 aliphatic rings. The molecule has 0 radical (unpaired) electrons. The highest BCUT2D eigenvalue weighted by Crippen LogP contribution is 2.41. The molecule has 4 saturated heterocycles. The number of piperazine rings is 1. The number of halogens is 3. The van der Waals surface area contributed by atoms with Crippen LogP contribution in [0.4, 0.5) is 18.9 Å². The molecule has 4 aliphatic heterocycles. The van der Waals surface area contributed by atoms with Crippen molar-refractivity contribution in [2.45, 2.75) is 55.9 Å². The number of fused-ring (bicyclic) bond motifs is 5. The van der Waals surface area contributed by atoms with Crippen molar-refractivity contribution in [3.63, 3.8) is 0 Å². The fourth-order valence-electron chi connectivity index (χ4n) is 7.87. The summed E-state index contributed by atoms with van der Waals surface area (Å²) in [4.78, 5) is 13.6. The number of nitrogens with one attached hydrogen (secondary N) is 1. The summed E-state index contributed by atoms with van der Waals surface area (Å²) in [5.74, 6) is 7.49. The zero-order valence-corrected chi connectivity index (χ0v) is 24.0. The Balaban J connectivity index is 1.33. The molecule has 4 fully saturated rings. The van der Waals surface area contributed by atoms with E-state index in [-0.39, 0.29) is 33.5 Å². The summed E-state index contributed by atoms with van der Waals surface area (Å²) in [6.45, 7) is 2.72. The number of pyridine rings is 2. The van der Waals surface area contributed by atoms with Crippen LogP contribution in [0.2, 0.25) is 0 Å². The van der Waals surface area contributed by atoms with Gasteiger partial charge >= 0.3 is 0 Å². The average molecular weight is 594 g/mol. The monoisotopic (exact) mass is 593 g/mol. The summed E-state index contributed by atoms with van der Waals surface area (Å²) >= 11 is 0. The molecule has 222 valence electrons. The standard InChI is InChI=1S/C35H30F3N5O/c1-2-26-29(37)7-4-20-12-25(44)14-27(31(20)26)33-32(38)34-28(16-39-33)30(42-18-23-5-6-24(19-42)40-23)13-22(41-34)8-10-35-9-3-11-43(35)17-21(36)15-35/h1,4,7,12-14,16,21,23-24,40,44H,3,5-6,9,11,15,17-19H2/t21?,23-,24+,35?. The molecule has 2 N–H and O–H groups in total. The molecule has 6 nitrogen and oxygen atoms in total. The van der Waals surface area contributed by atoms with E-state index in [1.807, 2.05) is 6.07 Å². The van der Waals surface area contributed by atoms with Crippen molar-refractivity contribution in [1.82, 2.24) is 20.2 Å². The molecule has 6 heterocycles. The number of aromatic hydroxyl groups is 1. The van der Waals surface area contributed by atoms with Gasteiger partial charge in [-0.25, -0.2) is 18.2 Å². The summed E-state index contributed by atoms with van der Waals surface area (Å²) in [5, 5.41) is 15.4. The summed E-state index contributed by atoms with van der Waals surface area (Å²) in [7, 11) is 0. The zero-order chi connectivity index (χ0) is 30.2. The lowest BCUT2D eigenvalue weighted by Gasteiger charge is -2.35. The van der Waals surface area contributed by atoms with Gasteiger partial charge in [-0.1, -0.05) is 17.9 Å². The van der Waals surface area contributed by atoms with Gasteiger partial charge in [0.15, 0.2) is 5.82 Å². The molecule has 4 aromatic rings. The van der Waals surface area contributed by atoms with Gasteiger partial charge in [0.05, 0.1) is 16.8 Å². The number of hydrogen-bond acceptors (Lipinski definition) is 6. The van der Waals surface area contributed by atoms with Gasteiger partial charge in [-0.15, -0.1) is 6.42 Å². The van der Waals surface area contributed by atoms with Crippen molar-refractivity contribution in [2.24, 2.45) is 0 Å². The summed E-state index contributed by atoms with van der Waals surface area (Å²) in [5.41, 5.74) is 0.785. The third-order valence-electron chi connectivity index (χ3n) is 9.81. The Labute approximate surface area is 253 Å². The van der Waals surface area contributed by atoms with Gasteiger partial charge in [0, 0.05) is 60.7 Å². The third-order valence-corrected chi connectivity index (χ3v) is 9.81. The minimum Gasteiger partial charge on any atom is -0.508 e. The number of benzene rings is 2. The molecule has 2 unspecified atom stereocenters. The predicted octanol–water partition coefficient (Wildman–Crippen LogP) is 5.28. The normalized spacial score (nSPS) is 26.1. The van der Waals surface area contributed by atoms with E-state index in [1.54, 1.807) is 6.20 Å². The largest absolute Gasteiger partial charge is 0.508 e. The minimum atomic E-state index is -0.915. The highest BCUT2D eigenvalue weighted by molar-refractivity contribution is 6.03. The first-order valence-electron chi connectivity index (χ1n) is 15.2. The van der Waals surface area contributed by atoms with Gasteiger partial charge in [-0.05, 0) is 67.8 Å². The van der Waals surface area contributed by atoms with Crippen LogP contribution in [0.1, 0.15) is 43.4 Å². The lowest BCUT2D eigenvalue weighted by Crippen LogP contribution is -2.51. The maximum atomic E-state index is 16.8. The van der Waals surface area contributed by atoms with Crippen molar-refractivity contribution in [3.05, 3.63) is 59.4 Å². The zero-order valence-electron chi connectivity index (χ0n) is 24.0. The fourth-order valence-corrected chi connectivity index (χ4v) is 7.87. The molecule has 2 aromatic carbocycles. The van der Waals surface area contributed by atoms with E-state index < -0.39 is 23.3 Å². The molecule has 2 bridgehead atoms. The van der Waals surface area contributed by atoms with Crippen LogP contribution in [0, 0.1) is 35.8 Å². The number of rotatable bonds is 2. The highest BCUT2D eigenvalue weighted by atomic mass is 19.1. The van der Waals surface area contributed by atoms with Gasteiger partial charge in [-0.3, -0.25) is 9.88 Å². The van der Waals surface area contributed by atoms with Crippen LogP contribution < -0.4 is 10.2 Å². The molecule has 8 rings (SSSR count). The number of phenolic OH excluding ortho intramolecular Hbond substituents is 1. The van der Waals surface area contributed by atoms with Crippen molar-refractivity contribution in [2.75, 3.05) is 31.1 Å². The van der Waals surface area contributed by atoms with Crippen LogP contribution in [0.25, 0.3) is 32.9 Å². The van der Waals surface area contributed by atoms with E-state index in [0.29, 0.717) is 41.5 Å². The van der Waals surface area contributed by atoms with Crippen molar-refractivity contribution in [3.8, 4) is 41.2 Å². The molecule has 4 atom stereocenters. The van der Waals surface area contributed by atoms with Gasteiger partial charge in [0.1, 0.15) is 34.6 Å². The number of aromatic nitrogens is 2. The Kier molecular flexibility index (Phi) is 6.27. The molecular formula is C35H30F3N5O. The second kappa shape index (κ2) is 10.1. The van der Waals surface area contributed by atoms with Gasteiger partial charge in [0.2, 0.25) is 0 Å². The minimum absolute atomic E-state index is 0.0357. The number of nitrogens with zero attached hydrogens (tertiary/aromatic N) is 4. The van der Waals surface area contributed by atoms with E-state index in [9.17, 15) is 13.9 Å². The molecule has 9 heteroatoms. The molecule has 0 spiro atoms. The van der Waals surface area contributed by atoms with Crippen molar-refractivity contribution < 1.29 is 18.3 Å². The van der Waals surface area contributed by atoms with E-state index >= 15 is 4.39 Å². The lowest BCUT2D eigenvalue weighted by atomic mass is 9.94. The van der Waals surface area contributed by atoms with Crippen LogP contribution in [0.5, 0.6) is 5.75 Å². The number of terminal acetylenes is 1. The van der Waals surface area contributed by atoms with Crippen LogP contribution >= 0.6 is 0 Å². The first-order chi connectivity index (χ1) is 21.3.